The highest BCUT2D eigenvalue weighted by Gasteiger charge is 2.51. The van der Waals surface area contributed by atoms with E-state index in [0.29, 0.717) is 17.0 Å². The fourth-order valence-electron chi connectivity index (χ4n) is 5.45. The van der Waals surface area contributed by atoms with Crippen molar-refractivity contribution in [2.45, 2.75) is 44.1 Å². The Kier molecular flexibility index (Phi) is 3.10. The largest absolute Gasteiger partial charge is 0.495 e. The Hall–Kier alpha value is -1.71. The lowest BCUT2D eigenvalue weighted by molar-refractivity contribution is -0.0167. The van der Waals surface area contributed by atoms with Crippen molar-refractivity contribution in [3.8, 4) is 5.75 Å². The number of ether oxygens (including phenoxy) is 1. The van der Waals surface area contributed by atoms with Crippen LogP contribution in [-0.4, -0.2) is 18.6 Å². The zero-order valence-corrected chi connectivity index (χ0v) is 13.1. The average molecular weight is 300 g/mol. The molecule has 0 unspecified atom stereocenters. The number of carbonyl (C=O) groups excluding carboxylic acids is 1. The minimum Gasteiger partial charge on any atom is -0.495 e. The molecular weight excluding hydrogens is 276 g/mol. The van der Waals surface area contributed by atoms with Gasteiger partial charge in [-0.2, -0.15) is 0 Å². The Morgan fingerprint density at radius 2 is 1.77 bits per heavy atom. The van der Waals surface area contributed by atoms with E-state index in [2.05, 4.69) is 5.32 Å². The number of carbonyl (C=O) groups is 1. The summed E-state index contributed by atoms with van der Waals surface area (Å²) in [6.45, 7) is 0. The molecule has 118 valence electrons. The molecule has 0 heterocycles. The molecule has 0 spiro atoms. The fraction of sp³-hybridized carbons (Fsp3) is 0.611. The molecule has 0 radical (unpaired) electrons. The van der Waals surface area contributed by atoms with Gasteiger partial charge in [-0.05, 0) is 74.5 Å². The van der Waals surface area contributed by atoms with Crippen molar-refractivity contribution in [3.05, 3.63) is 23.8 Å². The minimum absolute atomic E-state index is 0.0105. The molecule has 4 saturated carbocycles. The number of nitrogens with two attached hydrogens (primary N) is 1. The van der Waals surface area contributed by atoms with Gasteiger partial charge >= 0.3 is 0 Å². The SMILES string of the molecule is COc1ccc(C(=O)NC23CC4CC(CC(C4)C2)C3)cc1N. The first-order valence-electron chi connectivity index (χ1n) is 8.33. The van der Waals surface area contributed by atoms with Crippen LogP contribution in [0.5, 0.6) is 5.75 Å². The van der Waals surface area contributed by atoms with Crippen molar-refractivity contribution in [3.63, 3.8) is 0 Å². The van der Waals surface area contributed by atoms with Crippen LogP contribution in [0.25, 0.3) is 0 Å². The Labute approximate surface area is 131 Å². The van der Waals surface area contributed by atoms with E-state index in [1.165, 1.54) is 19.3 Å². The third-order valence-electron chi connectivity index (χ3n) is 5.91. The number of hydrogen-bond donors (Lipinski definition) is 2. The first-order valence-corrected chi connectivity index (χ1v) is 8.33. The van der Waals surface area contributed by atoms with Gasteiger partial charge in [0.15, 0.2) is 0 Å². The van der Waals surface area contributed by atoms with Crippen LogP contribution in [0.15, 0.2) is 18.2 Å². The summed E-state index contributed by atoms with van der Waals surface area (Å²) in [6, 6.07) is 5.28. The number of amides is 1. The molecule has 1 amide bonds. The lowest BCUT2D eigenvalue weighted by Crippen LogP contribution is -2.59. The second-order valence-corrected chi connectivity index (χ2v) is 7.61. The second-order valence-electron chi connectivity index (χ2n) is 7.61. The Bertz CT molecular complexity index is 576. The topological polar surface area (TPSA) is 64.3 Å². The highest BCUT2D eigenvalue weighted by Crippen LogP contribution is 2.55. The summed E-state index contributed by atoms with van der Waals surface area (Å²) < 4.78 is 5.16. The van der Waals surface area contributed by atoms with Gasteiger partial charge in [0.25, 0.3) is 5.91 Å². The fourth-order valence-corrected chi connectivity index (χ4v) is 5.45. The van der Waals surface area contributed by atoms with Crippen molar-refractivity contribution < 1.29 is 9.53 Å². The molecule has 4 fully saturated rings. The van der Waals surface area contributed by atoms with Gasteiger partial charge in [0.05, 0.1) is 12.8 Å². The van der Waals surface area contributed by atoms with E-state index in [-0.39, 0.29) is 11.4 Å². The summed E-state index contributed by atoms with van der Waals surface area (Å²) in [5.41, 5.74) is 7.12. The van der Waals surface area contributed by atoms with Gasteiger partial charge in [-0.3, -0.25) is 4.79 Å². The number of nitrogen functional groups attached to an aromatic ring is 1. The van der Waals surface area contributed by atoms with Gasteiger partial charge in [-0.15, -0.1) is 0 Å². The van der Waals surface area contributed by atoms with Gasteiger partial charge in [-0.1, -0.05) is 0 Å². The summed E-state index contributed by atoms with van der Waals surface area (Å²) in [4.78, 5) is 12.7. The Morgan fingerprint density at radius 1 is 1.18 bits per heavy atom. The zero-order valence-electron chi connectivity index (χ0n) is 13.1. The van der Waals surface area contributed by atoms with E-state index < -0.39 is 0 Å². The molecule has 0 aliphatic heterocycles. The maximum atomic E-state index is 12.7. The second kappa shape index (κ2) is 4.90. The number of methoxy groups -OCH3 is 1. The van der Waals surface area contributed by atoms with E-state index in [0.717, 1.165) is 37.0 Å². The lowest BCUT2D eigenvalue weighted by Gasteiger charge is -2.56. The van der Waals surface area contributed by atoms with Crippen LogP contribution in [0.2, 0.25) is 0 Å². The van der Waals surface area contributed by atoms with E-state index >= 15 is 0 Å². The predicted molar refractivity (Wildman–Crippen MR) is 85.8 cm³/mol. The van der Waals surface area contributed by atoms with Crippen molar-refractivity contribution >= 4 is 11.6 Å². The Balaban J connectivity index is 1.53. The van der Waals surface area contributed by atoms with Crippen molar-refractivity contribution in [2.24, 2.45) is 17.8 Å². The highest BCUT2D eigenvalue weighted by molar-refractivity contribution is 5.96. The summed E-state index contributed by atoms with van der Waals surface area (Å²) in [6.07, 6.45) is 7.63. The normalized spacial score (nSPS) is 35.4. The van der Waals surface area contributed by atoms with Gasteiger partial charge in [0.1, 0.15) is 5.75 Å². The quantitative estimate of drug-likeness (QED) is 0.844. The van der Waals surface area contributed by atoms with Gasteiger partial charge < -0.3 is 15.8 Å². The van der Waals surface area contributed by atoms with Crippen LogP contribution in [0, 0.1) is 17.8 Å². The van der Waals surface area contributed by atoms with Gasteiger partial charge in [0.2, 0.25) is 0 Å². The molecule has 0 saturated heterocycles. The lowest BCUT2D eigenvalue weighted by atomic mass is 9.53. The van der Waals surface area contributed by atoms with Crippen LogP contribution >= 0.6 is 0 Å². The summed E-state index contributed by atoms with van der Waals surface area (Å²) in [7, 11) is 1.58. The maximum absolute atomic E-state index is 12.7. The molecule has 0 atom stereocenters. The number of benzene rings is 1. The van der Waals surface area contributed by atoms with Crippen molar-refractivity contribution in [1.82, 2.24) is 5.32 Å². The molecule has 4 nitrogen and oxygen atoms in total. The van der Waals surface area contributed by atoms with Gasteiger partial charge in [0, 0.05) is 11.1 Å². The molecule has 1 aromatic carbocycles. The number of rotatable bonds is 3. The predicted octanol–water partition coefficient (Wildman–Crippen LogP) is 2.98. The average Bonchev–Trinajstić information content (AvgIpc) is 2.45. The summed E-state index contributed by atoms with van der Waals surface area (Å²) in [5.74, 6) is 3.11. The van der Waals surface area contributed by atoms with Gasteiger partial charge in [-0.25, -0.2) is 0 Å². The van der Waals surface area contributed by atoms with Crippen LogP contribution in [-0.2, 0) is 0 Å². The smallest absolute Gasteiger partial charge is 0.251 e. The van der Waals surface area contributed by atoms with Crippen LogP contribution in [0.3, 0.4) is 0 Å². The molecule has 5 rings (SSSR count). The third kappa shape index (κ3) is 2.25. The first kappa shape index (κ1) is 13.9. The number of hydrogen-bond acceptors (Lipinski definition) is 3. The molecule has 1 aromatic rings. The molecule has 4 aliphatic rings. The van der Waals surface area contributed by atoms with E-state index in [1.54, 1.807) is 25.3 Å². The first-order chi connectivity index (χ1) is 10.6. The van der Waals surface area contributed by atoms with E-state index in [9.17, 15) is 4.79 Å². The minimum atomic E-state index is 0.0105. The van der Waals surface area contributed by atoms with Crippen molar-refractivity contribution in [1.29, 1.82) is 0 Å². The third-order valence-corrected chi connectivity index (χ3v) is 5.91. The molecule has 0 aromatic heterocycles. The van der Waals surface area contributed by atoms with E-state index in [4.69, 9.17) is 10.5 Å². The number of nitrogens with one attached hydrogen (secondary N) is 1. The molecule has 4 bridgehead atoms. The molecule has 3 N–H and O–H groups in total. The monoisotopic (exact) mass is 300 g/mol. The molecule has 22 heavy (non-hydrogen) atoms. The van der Waals surface area contributed by atoms with Crippen LogP contribution in [0.4, 0.5) is 5.69 Å². The maximum Gasteiger partial charge on any atom is 0.251 e. The summed E-state index contributed by atoms with van der Waals surface area (Å²) in [5, 5.41) is 3.37. The van der Waals surface area contributed by atoms with E-state index in [1.807, 2.05) is 0 Å². The molecule has 4 aliphatic carbocycles. The van der Waals surface area contributed by atoms with Crippen molar-refractivity contribution in [2.75, 3.05) is 12.8 Å². The summed E-state index contributed by atoms with van der Waals surface area (Å²) >= 11 is 0. The molecule has 4 heteroatoms. The standard InChI is InChI=1S/C18H24N2O2/c1-22-16-3-2-14(7-15(16)19)17(21)20-18-8-11-4-12(9-18)6-13(5-11)10-18/h2-3,7,11-13H,4-6,8-10,19H2,1H3,(H,20,21). The van der Waals surface area contributed by atoms with Crippen LogP contribution < -0.4 is 15.8 Å². The van der Waals surface area contributed by atoms with Crippen LogP contribution in [0.1, 0.15) is 48.9 Å². The molecular formula is C18H24N2O2. The zero-order chi connectivity index (χ0) is 15.3. The highest BCUT2D eigenvalue weighted by atomic mass is 16.5. The Morgan fingerprint density at radius 3 is 2.27 bits per heavy atom. The number of anilines is 1.